The Morgan fingerprint density at radius 3 is 2.90 bits per heavy atom. The standard InChI is InChI=1S/C17H25NO3/c1-3-21-16-10-5-4-8-14(16)12(2)18-11-13-7-6-9-15(13)17(19)20/h4-5,8,10,12-13,15,18H,3,6-7,9,11H2,1-2H3,(H,19,20). The van der Waals surface area contributed by atoms with Gasteiger partial charge in [-0.3, -0.25) is 4.79 Å². The summed E-state index contributed by atoms with van der Waals surface area (Å²) < 4.78 is 5.66. The van der Waals surface area contributed by atoms with Gasteiger partial charge in [-0.2, -0.15) is 0 Å². The van der Waals surface area contributed by atoms with E-state index >= 15 is 0 Å². The van der Waals surface area contributed by atoms with Crippen molar-refractivity contribution < 1.29 is 14.6 Å². The van der Waals surface area contributed by atoms with E-state index in [1.54, 1.807) is 0 Å². The summed E-state index contributed by atoms with van der Waals surface area (Å²) in [4.78, 5) is 11.2. The average molecular weight is 291 g/mol. The highest BCUT2D eigenvalue weighted by Crippen LogP contribution is 2.32. The van der Waals surface area contributed by atoms with E-state index in [2.05, 4.69) is 18.3 Å². The number of hydrogen-bond acceptors (Lipinski definition) is 3. The normalized spacial score (nSPS) is 23.0. The van der Waals surface area contributed by atoms with Crippen molar-refractivity contribution in [1.29, 1.82) is 0 Å². The first kappa shape index (κ1) is 15.8. The molecule has 1 aromatic carbocycles. The van der Waals surface area contributed by atoms with E-state index in [0.29, 0.717) is 6.61 Å². The first-order chi connectivity index (χ1) is 10.1. The second kappa shape index (κ2) is 7.46. The molecule has 1 aliphatic rings. The van der Waals surface area contributed by atoms with Gasteiger partial charge in [0.05, 0.1) is 12.5 Å². The number of rotatable bonds is 7. The van der Waals surface area contributed by atoms with E-state index in [9.17, 15) is 9.90 Å². The van der Waals surface area contributed by atoms with Crippen LogP contribution in [0.25, 0.3) is 0 Å². The molecule has 0 radical (unpaired) electrons. The molecule has 1 fully saturated rings. The van der Waals surface area contributed by atoms with E-state index in [-0.39, 0.29) is 17.9 Å². The molecule has 0 heterocycles. The van der Waals surface area contributed by atoms with Crippen molar-refractivity contribution >= 4 is 5.97 Å². The van der Waals surface area contributed by atoms with Crippen molar-refractivity contribution in [3.63, 3.8) is 0 Å². The average Bonchev–Trinajstić information content (AvgIpc) is 2.94. The van der Waals surface area contributed by atoms with Gasteiger partial charge in [-0.1, -0.05) is 24.6 Å². The minimum atomic E-state index is -0.651. The molecular weight excluding hydrogens is 266 g/mol. The van der Waals surface area contributed by atoms with Crippen LogP contribution in [-0.2, 0) is 4.79 Å². The monoisotopic (exact) mass is 291 g/mol. The molecule has 0 aromatic heterocycles. The summed E-state index contributed by atoms with van der Waals surface area (Å²) in [6, 6.07) is 8.17. The highest BCUT2D eigenvalue weighted by Gasteiger charge is 2.32. The lowest BCUT2D eigenvalue weighted by Gasteiger charge is -2.22. The molecule has 3 unspecified atom stereocenters. The number of nitrogens with one attached hydrogen (secondary N) is 1. The number of hydrogen-bond donors (Lipinski definition) is 2. The number of carboxylic acid groups (broad SMARTS) is 1. The van der Waals surface area contributed by atoms with E-state index in [4.69, 9.17) is 4.74 Å². The number of para-hydroxylation sites is 1. The van der Waals surface area contributed by atoms with Crippen LogP contribution in [0.4, 0.5) is 0 Å². The van der Waals surface area contributed by atoms with Gasteiger partial charge >= 0.3 is 5.97 Å². The second-order valence-electron chi connectivity index (χ2n) is 5.74. The summed E-state index contributed by atoms with van der Waals surface area (Å²) in [7, 11) is 0. The summed E-state index contributed by atoms with van der Waals surface area (Å²) in [6.07, 6.45) is 2.84. The van der Waals surface area contributed by atoms with Crippen LogP contribution >= 0.6 is 0 Å². The Hall–Kier alpha value is -1.55. The van der Waals surface area contributed by atoms with E-state index < -0.39 is 5.97 Å². The summed E-state index contributed by atoms with van der Waals surface area (Å²) >= 11 is 0. The molecule has 116 valence electrons. The minimum absolute atomic E-state index is 0.155. The van der Waals surface area contributed by atoms with Crippen molar-refractivity contribution in [2.24, 2.45) is 11.8 Å². The highest BCUT2D eigenvalue weighted by molar-refractivity contribution is 5.70. The summed E-state index contributed by atoms with van der Waals surface area (Å²) in [6.45, 7) is 5.47. The molecule has 1 aliphatic carbocycles. The Labute approximate surface area is 126 Å². The SMILES string of the molecule is CCOc1ccccc1C(C)NCC1CCCC1C(=O)O. The molecule has 1 saturated carbocycles. The van der Waals surface area contributed by atoms with Gasteiger partial charge in [0.1, 0.15) is 5.75 Å². The fraction of sp³-hybridized carbons (Fsp3) is 0.588. The molecule has 0 bridgehead atoms. The quantitative estimate of drug-likeness (QED) is 0.809. The van der Waals surface area contributed by atoms with E-state index in [1.165, 1.54) is 0 Å². The third kappa shape index (κ3) is 3.97. The first-order valence-corrected chi connectivity index (χ1v) is 7.81. The second-order valence-corrected chi connectivity index (χ2v) is 5.74. The topological polar surface area (TPSA) is 58.6 Å². The lowest BCUT2D eigenvalue weighted by molar-refractivity contribution is -0.142. The predicted molar refractivity (Wildman–Crippen MR) is 82.5 cm³/mol. The van der Waals surface area contributed by atoms with Gasteiger partial charge < -0.3 is 15.2 Å². The van der Waals surface area contributed by atoms with Gasteiger partial charge in [-0.25, -0.2) is 0 Å². The lowest BCUT2D eigenvalue weighted by atomic mass is 9.95. The lowest BCUT2D eigenvalue weighted by Crippen LogP contribution is -2.30. The van der Waals surface area contributed by atoms with Crippen molar-refractivity contribution in [2.75, 3.05) is 13.2 Å². The van der Waals surface area contributed by atoms with Gasteiger partial charge in [-0.05, 0) is 45.2 Å². The molecule has 0 aliphatic heterocycles. The number of ether oxygens (including phenoxy) is 1. The summed E-state index contributed by atoms with van der Waals surface area (Å²) in [5.41, 5.74) is 1.13. The van der Waals surface area contributed by atoms with Crippen LogP contribution in [-0.4, -0.2) is 24.2 Å². The van der Waals surface area contributed by atoms with Crippen LogP contribution in [0, 0.1) is 11.8 Å². The maximum Gasteiger partial charge on any atom is 0.306 e. The summed E-state index contributed by atoms with van der Waals surface area (Å²) in [5.74, 6) is 0.305. The molecule has 21 heavy (non-hydrogen) atoms. The van der Waals surface area contributed by atoms with Gasteiger partial charge in [-0.15, -0.1) is 0 Å². The number of carbonyl (C=O) groups is 1. The van der Waals surface area contributed by atoms with Gasteiger partial charge in [0.25, 0.3) is 0 Å². The first-order valence-electron chi connectivity index (χ1n) is 7.81. The maximum atomic E-state index is 11.2. The zero-order valence-electron chi connectivity index (χ0n) is 12.8. The number of carboxylic acids is 1. The number of benzene rings is 1. The van der Waals surface area contributed by atoms with Crippen LogP contribution < -0.4 is 10.1 Å². The molecule has 2 rings (SSSR count). The van der Waals surface area contributed by atoms with E-state index in [1.807, 2.05) is 25.1 Å². The zero-order valence-corrected chi connectivity index (χ0v) is 12.8. The molecule has 0 saturated heterocycles. The van der Waals surface area contributed by atoms with Gasteiger partial charge in [0.2, 0.25) is 0 Å². The Balaban J connectivity index is 1.95. The Morgan fingerprint density at radius 2 is 2.19 bits per heavy atom. The highest BCUT2D eigenvalue weighted by atomic mass is 16.5. The molecule has 4 heteroatoms. The Bertz CT molecular complexity index is 475. The molecule has 3 atom stereocenters. The third-order valence-electron chi connectivity index (χ3n) is 4.35. The minimum Gasteiger partial charge on any atom is -0.494 e. The molecule has 1 aromatic rings. The fourth-order valence-corrected chi connectivity index (χ4v) is 3.17. The van der Waals surface area contributed by atoms with Crippen LogP contribution in [0.1, 0.15) is 44.7 Å². The van der Waals surface area contributed by atoms with Crippen LogP contribution in [0.2, 0.25) is 0 Å². The number of aliphatic carboxylic acids is 1. The van der Waals surface area contributed by atoms with Gasteiger partial charge in [0.15, 0.2) is 0 Å². The molecular formula is C17H25NO3. The summed E-state index contributed by atoms with van der Waals surface area (Å²) in [5, 5.41) is 12.7. The van der Waals surface area contributed by atoms with Crippen molar-refractivity contribution in [3.05, 3.63) is 29.8 Å². The largest absolute Gasteiger partial charge is 0.494 e. The van der Waals surface area contributed by atoms with Crippen molar-refractivity contribution in [1.82, 2.24) is 5.32 Å². The van der Waals surface area contributed by atoms with Crippen LogP contribution in [0.3, 0.4) is 0 Å². The van der Waals surface area contributed by atoms with Crippen LogP contribution in [0.15, 0.2) is 24.3 Å². The zero-order chi connectivity index (χ0) is 15.2. The third-order valence-corrected chi connectivity index (χ3v) is 4.35. The van der Waals surface area contributed by atoms with Gasteiger partial charge in [0, 0.05) is 11.6 Å². The van der Waals surface area contributed by atoms with Crippen LogP contribution in [0.5, 0.6) is 5.75 Å². The smallest absolute Gasteiger partial charge is 0.306 e. The Morgan fingerprint density at radius 1 is 1.43 bits per heavy atom. The van der Waals surface area contributed by atoms with Crippen molar-refractivity contribution in [2.45, 2.75) is 39.2 Å². The fourth-order valence-electron chi connectivity index (χ4n) is 3.17. The molecule has 0 amide bonds. The maximum absolute atomic E-state index is 11.2. The predicted octanol–water partition coefficient (Wildman–Crippen LogP) is 3.24. The molecule has 2 N–H and O–H groups in total. The van der Waals surface area contributed by atoms with E-state index in [0.717, 1.165) is 37.1 Å². The van der Waals surface area contributed by atoms with Crippen molar-refractivity contribution in [3.8, 4) is 5.75 Å². The molecule has 0 spiro atoms. The Kier molecular flexibility index (Phi) is 5.62. The molecule has 4 nitrogen and oxygen atoms in total.